The first-order valence-corrected chi connectivity index (χ1v) is 9.17. The number of anilines is 1. The van der Waals surface area contributed by atoms with Gasteiger partial charge in [-0.15, -0.1) is 11.3 Å². The van der Waals surface area contributed by atoms with Crippen LogP contribution >= 0.6 is 11.3 Å². The topological polar surface area (TPSA) is 86.9 Å². The molecule has 1 fully saturated rings. The van der Waals surface area contributed by atoms with Crippen LogP contribution in [0.5, 0.6) is 0 Å². The van der Waals surface area contributed by atoms with E-state index in [2.05, 4.69) is 20.2 Å². The van der Waals surface area contributed by atoms with Gasteiger partial charge in [-0.2, -0.15) is 5.10 Å². The van der Waals surface area contributed by atoms with Gasteiger partial charge in [-0.25, -0.2) is 8.42 Å². The Hall–Kier alpha value is -1.38. The van der Waals surface area contributed by atoms with Crippen LogP contribution in [0.2, 0.25) is 0 Å². The summed E-state index contributed by atoms with van der Waals surface area (Å²) in [6.07, 6.45) is 2.44. The lowest BCUT2D eigenvalue weighted by atomic mass is 10.3. The van der Waals surface area contributed by atoms with E-state index in [1.165, 1.54) is 24.2 Å². The number of aromatic amines is 1. The molecule has 3 N–H and O–H groups in total. The van der Waals surface area contributed by atoms with E-state index in [1.807, 2.05) is 5.38 Å². The molecule has 0 amide bonds. The summed E-state index contributed by atoms with van der Waals surface area (Å²) < 4.78 is 27.7. The summed E-state index contributed by atoms with van der Waals surface area (Å²) in [6, 6.07) is 2.34. The van der Waals surface area contributed by atoms with Crippen LogP contribution in [0.4, 0.5) is 5.69 Å². The zero-order valence-electron chi connectivity index (χ0n) is 11.9. The number of hydrogen-bond donors (Lipinski definition) is 3. The van der Waals surface area contributed by atoms with Gasteiger partial charge in [-0.3, -0.25) is 9.82 Å². The largest absolute Gasteiger partial charge is 0.310 e. The summed E-state index contributed by atoms with van der Waals surface area (Å²) in [4.78, 5) is 0. The number of nitrogens with zero attached hydrogens (tertiary/aromatic N) is 1. The number of thiophene rings is 1. The van der Waals surface area contributed by atoms with Gasteiger partial charge < -0.3 is 5.32 Å². The number of aromatic nitrogens is 2. The molecule has 0 spiro atoms. The maximum absolute atomic E-state index is 12.4. The lowest BCUT2D eigenvalue weighted by molar-refractivity contribution is 0.603. The Morgan fingerprint density at radius 1 is 1.43 bits per heavy atom. The van der Waals surface area contributed by atoms with Gasteiger partial charge in [0.25, 0.3) is 10.0 Å². The molecule has 2 aromatic rings. The maximum atomic E-state index is 12.4. The normalized spacial score (nSPS) is 15.3. The van der Waals surface area contributed by atoms with E-state index < -0.39 is 10.0 Å². The van der Waals surface area contributed by atoms with Crippen LogP contribution < -0.4 is 10.0 Å². The first-order valence-electron chi connectivity index (χ1n) is 6.81. The molecule has 0 bridgehead atoms. The third-order valence-electron chi connectivity index (χ3n) is 3.43. The minimum atomic E-state index is -3.55. The van der Waals surface area contributed by atoms with Gasteiger partial charge in [0.2, 0.25) is 0 Å². The number of aryl methyl sites for hydroxylation is 2. The molecule has 1 aliphatic rings. The molecule has 8 heteroatoms. The van der Waals surface area contributed by atoms with Crippen molar-refractivity contribution in [3.63, 3.8) is 0 Å². The average Bonchev–Trinajstić information content (AvgIpc) is 3.06. The molecule has 2 aromatic heterocycles. The molecular weight excluding hydrogens is 308 g/mol. The Labute approximate surface area is 128 Å². The summed E-state index contributed by atoms with van der Waals surface area (Å²) in [5.74, 6) is 0. The highest BCUT2D eigenvalue weighted by molar-refractivity contribution is 7.94. The molecule has 0 aliphatic heterocycles. The highest BCUT2D eigenvalue weighted by Crippen LogP contribution is 2.26. The van der Waals surface area contributed by atoms with Gasteiger partial charge in [0.05, 0.1) is 17.1 Å². The lowest BCUT2D eigenvalue weighted by Crippen LogP contribution is -2.15. The number of sulfonamides is 1. The second kappa shape index (κ2) is 5.43. The van der Waals surface area contributed by atoms with Gasteiger partial charge in [0.1, 0.15) is 4.21 Å². The predicted octanol–water partition coefficient (Wildman–Crippen LogP) is 2.14. The Bertz CT molecular complexity index is 725. The molecular formula is C13H18N4O2S2. The third kappa shape index (κ3) is 3.28. The highest BCUT2D eigenvalue weighted by atomic mass is 32.2. The smallest absolute Gasteiger partial charge is 0.271 e. The van der Waals surface area contributed by atoms with Crippen molar-refractivity contribution in [2.24, 2.45) is 0 Å². The number of H-pyrrole nitrogens is 1. The summed E-state index contributed by atoms with van der Waals surface area (Å²) in [5.41, 5.74) is 2.89. The van der Waals surface area contributed by atoms with Gasteiger partial charge in [-0.1, -0.05) is 0 Å². The summed E-state index contributed by atoms with van der Waals surface area (Å²) in [6.45, 7) is 4.28. The van der Waals surface area contributed by atoms with E-state index in [0.717, 1.165) is 12.1 Å². The van der Waals surface area contributed by atoms with E-state index >= 15 is 0 Å². The van der Waals surface area contributed by atoms with E-state index in [-0.39, 0.29) is 0 Å². The molecule has 0 atom stereocenters. The van der Waals surface area contributed by atoms with E-state index in [9.17, 15) is 8.42 Å². The first kappa shape index (κ1) is 14.6. The molecule has 21 heavy (non-hydrogen) atoms. The van der Waals surface area contributed by atoms with E-state index in [4.69, 9.17) is 0 Å². The van der Waals surface area contributed by atoms with Crippen molar-refractivity contribution < 1.29 is 8.42 Å². The Kier molecular flexibility index (Phi) is 3.76. The fourth-order valence-electron chi connectivity index (χ4n) is 2.02. The Balaban J connectivity index is 1.74. The minimum Gasteiger partial charge on any atom is -0.310 e. The quantitative estimate of drug-likeness (QED) is 0.759. The van der Waals surface area contributed by atoms with Gasteiger partial charge in [0.15, 0.2) is 0 Å². The summed E-state index contributed by atoms with van der Waals surface area (Å²) in [7, 11) is -3.55. The molecule has 1 saturated carbocycles. The number of hydrogen-bond acceptors (Lipinski definition) is 5. The van der Waals surface area contributed by atoms with Crippen LogP contribution in [0.1, 0.15) is 29.8 Å². The standard InChI is InChI=1S/C13H18N4O2S2/c1-8-13(9(2)16-15-8)17-21(18,19)12-5-10(7-20-12)6-14-11-3-4-11/h5,7,11,14,17H,3-4,6H2,1-2H3,(H,15,16). The Morgan fingerprint density at radius 3 is 2.81 bits per heavy atom. The van der Waals surface area contributed by atoms with Crippen molar-refractivity contribution in [1.82, 2.24) is 15.5 Å². The summed E-state index contributed by atoms with van der Waals surface area (Å²) >= 11 is 1.24. The molecule has 6 nitrogen and oxygen atoms in total. The molecule has 0 unspecified atom stereocenters. The fourth-order valence-corrected chi connectivity index (χ4v) is 4.41. The summed E-state index contributed by atoms with van der Waals surface area (Å²) in [5, 5.41) is 12.0. The van der Waals surface area contributed by atoms with Crippen molar-refractivity contribution in [2.75, 3.05) is 4.72 Å². The van der Waals surface area contributed by atoms with Crippen molar-refractivity contribution in [3.05, 3.63) is 28.4 Å². The van der Waals surface area contributed by atoms with Crippen LogP contribution in [-0.2, 0) is 16.6 Å². The minimum absolute atomic E-state index is 0.329. The van der Waals surface area contributed by atoms with Gasteiger partial charge >= 0.3 is 0 Å². The van der Waals surface area contributed by atoms with Gasteiger partial charge in [-0.05, 0) is 43.7 Å². The van der Waals surface area contributed by atoms with Crippen LogP contribution in [0.25, 0.3) is 0 Å². The molecule has 0 saturated heterocycles. The molecule has 114 valence electrons. The molecule has 0 radical (unpaired) electrons. The molecule has 0 aromatic carbocycles. The van der Waals surface area contributed by atoms with Crippen molar-refractivity contribution in [1.29, 1.82) is 0 Å². The average molecular weight is 326 g/mol. The van der Waals surface area contributed by atoms with Crippen LogP contribution in [0.15, 0.2) is 15.7 Å². The van der Waals surface area contributed by atoms with Gasteiger partial charge in [0, 0.05) is 12.6 Å². The van der Waals surface area contributed by atoms with E-state index in [0.29, 0.717) is 27.3 Å². The second-order valence-electron chi connectivity index (χ2n) is 5.34. The second-order valence-corrected chi connectivity index (χ2v) is 8.16. The Morgan fingerprint density at radius 2 is 2.19 bits per heavy atom. The first-order chi connectivity index (χ1) is 9.95. The van der Waals surface area contributed by atoms with Crippen LogP contribution in [0.3, 0.4) is 0 Å². The lowest BCUT2D eigenvalue weighted by Gasteiger charge is -2.05. The van der Waals surface area contributed by atoms with Crippen molar-refractivity contribution in [3.8, 4) is 0 Å². The van der Waals surface area contributed by atoms with Crippen molar-refractivity contribution >= 4 is 27.0 Å². The highest BCUT2D eigenvalue weighted by Gasteiger charge is 2.22. The third-order valence-corrected chi connectivity index (χ3v) is 6.27. The predicted molar refractivity (Wildman–Crippen MR) is 83.1 cm³/mol. The molecule has 2 heterocycles. The zero-order chi connectivity index (χ0) is 15.0. The molecule has 3 rings (SSSR count). The van der Waals surface area contributed by atoms with Crippen LogP contribution in [-0.4, -0.2) is 24.7 Å². The monoisotopic (exact) mass is 326 g/mol. The zero-order valence-corrected chi connectivity index (χ0v) is 13.6. The maximum Gasteiger partial charge on any atom is 0.271 e. The number of rotatable bonds is 6. The van der Waals surface area contributed by atoms with Crippen LogP contribution in [0, 0.1) is 13.8 Å². The molecule has 1 aliphatic carbocycles. The van der Waals surface area contributed by atoms with Crippen molar-refractivity contribution in [2.45, 2.75) is 43.5 Å². The SMILES string of the molecule is Cc1n[nH]c(C)c1NS(=O)(=O)c1cc(CNC2CC2)cs1. The van der Waals surface area contributed by atoms with E-state index in [1.54, 1.807) is 19.9 Å². The fraction of sp³-hybridized carbons (Fsp3) is 0.462. The number of nitrogens with one attached hydrogen (secondary N) is 3.